The van der Waals surface area contributed by atoms with E-state index in [9.17, 15) is 0 Å². The fourth-order valence-electron chi connectivity index (χ4n) is 10.4. The number of rotatable bonds is 7. The molecular weight excluding hydrogens is 484 g/mol. The fourth-order valence-corrected chi connectivity index (χ4v) is 10.4. The second kappa shape index (κ2) is 13.0. The van der Waals surface area contributed by atoms with Crippen molar-refractivity contribution in [3.63, 3.8) is 0 Å². The lowest BCUT2D eigenvalue weighted by molar-refractivity contribution is -0.115. The zero-order chi connectivity index (χ0) is 29.2. The van der Waals surface area contributed by atoms with Crippen LogP contribution in [0.15, 0.2) is 18.2 Å². The van der Waals surface area contributed by atoms with Crippen molar-refractivity contribution >= 4 is 11.4 Å². The first-order valence-corrected chi connectivity index (χ1v) is 17.5. The monoisotopic (exact) mass is 551 g/mol. The van der Waals surface area contributed by atoms with Crippen molar-refractivity contribution in [3.8, 4) is 0 Å². The average molecular weight is 551 g/mol. The maximum atomic E-state index is 6.11. The summed E-state index contributed by atoms with van der Waals surface area (Å²) < 4.78 is 0. The third-order valence-corrected chi connectivity index (χ3v) is 12.5. The van der Waals surface area contributed by atoms with Gasteiger partial charge in [-0.1, -0.05) is 80.7 Å². The van der Waals surface area contributed by atoms with E-state index in [0.29, 0.717) is 16.9 Å². The molecule has 0 amide bonds. The van der Waals surface area contributed by atoms with Crippen molar-refractivity contribution in [2.45, 2.75) is 145 Å². The molecule has 0 aromatic heterocycles. The molecule has 0 heterocycles. The van der Waals surface area contributed by atoms with Crippen LogP contribution in [-0.2, 0) is 0 Å². The van der Waals surface area contributed by atoms with Gasteiger partial charge in [-0.2, -0.15) is 0 Å². The number of nitrogen functional groups attached to an aromatic ring is 1. The predicted octanol–water partition coefficient (Wildman–Crippen LogP) is 11.1. The minimum absolute atomic E-state index is 0.564. The normalized spacial score (nSPS) is 37.7. The molecule has 4 fully saturated rings. The number of aryl methyl sites for hydroxylation is 1. The summed E-state index contributed by atoms with van der Waals surface area (Å²) in [5, 5.41) is 3.92. The number of nitrogens with two attached hydrogens (primary N) is 1. The quantitative estimate of drug-likeness (QED) is 0.331. The lowest BCUT2D eigenvalue weighted by atomic mass is 9.44. The Bertz CT molecular complexity index is 948. The Kier molecular flexibility index (Phi) is 10.3. The third-order valence-electron chi connectivity index (χ3n) is 12.5. The van der Waals surface area contributed by atoms with Crippen molar-refractivity contribution < 1.29 is 0 Å². The summed E-state index contributed by atoms with van der Waals surface area (Å²) in [5.41, 5.74) is 10.7. The first-order valence-electron chi connectivity index (χ1n) is 17.5. The van der Waals surface area contributed by atoms with Crippen molar-refractivity contribution in [2.24, 2.45) is 58.2 Å². The van der Waals surface area contributed by atoms with Gasteiger partial charge in [-0.3, -0.25) is 0 Å². The molecule has 9 unspecified atom stereocenters. The summed E-state index contributed by atoms with van der Waals surface area (Å²) >= 11 is 0. The molecule has 1 aromatic rings. The van der Waals surface area contributed by atoms with Gasteiger partial charge in [0.1, 0.15) is 0 Å². The van der Waals surface area contributed by atoms with Crippen LogP contribution in [0.4, 0.5) is 11.4 Å². The SMILES string of the molecule is CC(C)C.Cc1ccc(N)cc1NC1CCC2(C)C(CCC3C2CCC2(C)C(C(C)CCCC(C)C)CCC32)C1. The smallest absolute Gasteiger partial charge is 0.0392 e. The van der Waals surface area contributed by atoms with Crippen LogP contribution in [0.25, 0.3) is 0 Å². The van der Waals surface area contributed by atoms with Crippen LogP contribution in [-0.4, -0.2) is 6.04 Å². The van der Waals surface area contributed by atoms with Crippen LogP contribution < -0.4 is 11.1 Å². The lowest BCUT2D eigenvalue weighted by Crippen LogP contribution is -2.54. The van der Waals surface area contributed by atoms with Crippen LogP contribution in [0.5, 0.6) is 0 Å². The second-order valence-corrected chi connectivity index (χ2v) is 16.6. The lowest BCUT2D eigenvalue weighted by Gasteiger charge is -2.61. The van der Waals surface area contributed by atoms with Gasteiger partial charge < -0.3 is 11.1 Å². The molecule has 1 aromatic carbocycles. The van der Waals surface area contributed by atoms with Crippen LogP contribution >= 0.6 is 0 Å². The van der Waals surface area contributed by atoms with Gasteiger partial charge in [-0.25, -0.2) is 0 Å². The largest absolute Gasteiger partial charge is 0.399 e. The highest BCUT2D eigenvalue weighted by molar-refractivity contribution is 5.59. The molecule has 0 aliphatic heterocycles. The van der Waals surface area contributed by atoms with Crippen LogP contribution in [0.3, 0.4) is 0 Å². The molecule has 3 N–H and O–H groups in total. The van der Waals surface area contributed by atoms with Gasteiger partial charge in [0.2, 0.25) is 0 Å². The number of benzene rings is 1. The van der Waals surface area contributed by atoms with E-state index in [2.05, 4.69) is 79.8 Å². The summed E-state index contributed by atoms with van der Waals surface area (Å²) in [6.45, 7) is 21.6. The molecule has 2 heteroatoms. The highest BCUT2D eigenvalue weighted by Gasteiger charge is 2.60. The summed E-state index contributed by atoms with van der Waals surface area (Å²) in [6.07, 6.45) is 17.4. The highest BCUT2D eigenvalue weighted by Crippen LogP contribution is 2.68. The van der Waals surface area contributed by atoms with Crippen molar-refractivity contribution in [1.82, 2.24) is 0 Å². The minimum atomic E-state index is 0.564. The Hall–Kier alpha value is -1.18. The molecule has 0 saturated heterocycles. The third kappa shape index (κ3) is 6.72. The maximum Gasteiger partial charge on any atom is 0.0392 e. The predicted molar refractivity (Wildman–Crippen MR) is 177 cm³/mol. The van der Waals surface area contributed by atoms with Gasteiger partial charge in [-0.15, -0.1) is 0 Å². The van der Waals surface area contributed by atoms with Crippen LogP contribution in [0, 0.1) is 65.1 Å². The standard InChI is InChI=1S/C34H56N2.C4H10/c1-22(2)8-7-9-23(3)29-14-15-30-28-13-11-25-20-27(36-32-21-26(35)12-10-24(32)4)16-18-33(25,5)31(28)17-19-34(29,30)6;1-4(2)3/h10,12,21-23,25,27-31,36H,7-9,11,13-20,35H2,1-6H3;4H,1-3H3. The minimum Gasteiger partial charge on any atom is -0.399 e. The number of anilines is 2. The maximum absolute atomic E-state index is 6.11. The highest BCUT2D eigenvalue weighted by atomic mass is 14.9. The molecule has 5 rings (SSSR count). The van der Waals surface area contributed by atoms with Gasteiger partial charge >= 0.3 is 0 Å². The van der Waals surface area contributed by atoms with Crippen molar-refractivity contribution in [1.29, 1.82) is 0 Å². The van der Waals surface area contributed by atoms with Gasteiger partial charge in [-0.05, 0) is 141 Å². The number of fused-ring (bicyclic) bond motifs is 5. The number of hydrogen-bond acceptors (Lipinski definition) is 2. The van der Waals surface area contributed by atoms with E-state index >= 15 is 0 Å². The van der Waals surface area contributed by atoms with E-state index < -0.39 is 0 Å². The number of hydrogen-bond donors (Lipinski definition) is 2. The van der Waals surface area contributed by atoms with Gasteiger partial charge in [0.05, 0.1) is 0 Å². The summed E-state index contributed by atoms with van der Waals surface area (Å²) in [7, 11) is 0. The molecule has 4 aliphatic carbocycles. The first kappa shape index (κ1) is 31.7. The van der Waals surface area contributed by atoms with Crippen LogP contribution in [0.2, 0.25) is 0 Å². The average Bonchev–Trinajstić information content (AvgIpc) is 3.23. The molecule has 4 saturated carbocycles. The molecule has 4 aliphatic rings. The Labute approximate surface area is 249 Å². The molecule has 2 nitrogen and oxygen atoms in total. The summed E-state index contributed by atoms with van der Waals surface area (Å²) in [5.74, 6) is 7.44. The molecule has 0 spiro atoms. The van der Waals surface area contributed by atoms with Gasteiger partial charge in [0, 0.05) is 17.4 Å². The van der Waals surface area contributed by atoms with E-state index in [-0.39, 0.29) is 0 Å². The zero-order valence-electron chi connectivity index (χ0n) is 28.0. The van der Waals surface area contributed by atoms with Crippen molar-refractivity contribution in [2.75, 3.05) is 11.1 Å². The van der Waals surface area contributed by atoms with Gasteiger partial charge in [0.15, 0.2) is 0 Å². The molecular formula is C38H66N2. The van der Waals surface area contributed by atoms with E-state index in [1.54, 1.807) is 0 Å². The summed E-state index contributed by atoms with van der Waals surface area (Å²) in [6, 6.07) is 6.94. The molecule has 228 valence electrons. The second-order valence-electron chi connectivity index (χ2n) is 16.6. The molecule has 0 radical (unpaired) electrons. The zero-order valence-corrected chi connectivity index (χ0v) is 28.0. The number of nitrogens with one attached hydrogen (secondary N) is 1. The van der Waals surface area contributed by atoms with E-state index in [1.807, 2.05) is 6.07 Å². The Morgan fingerprint density at radius 2 is 1.52 bits per heavy atom. The van der Waals surface area contributed by atoms with Crippen molar-refractivity contribution in [3.05, 3.63) is 23.8 Å². The van der Waals surface area contributed by atoms with Gasteiger partial charge in [0.25, 0.3) is 0 Å². The molecule has 0 bridgehead atoms. The summed E-state index contributed by atoms with van der Waals surface area (Å²) in [4.78, 5) is 0. The molecule has 9 atom stereocenters. The van der Waals surface area contributed by atoms with E-state index in [4.69, 9.17) is 5.73 Å². The van der Waals surface area contributed by atoms with Crippen LogP contribution in [0.1, 0.15) is 138 Å². The first-order chi connectivity index (χ1) is 18.8. The topological polar surface area (TPSA) is 38.0 Å². The fraction of sp³-hybridized carbons (Fsp3) is 0.842. The Balaban J connectivity index is 0.000000867. The Morgan fingerprint density at radius 1 is 0.850 bits per heavy atom. The van der Waals surface area contributed by atoms with E-state index in [1.165, 1.54) is 88.3 Å². The molecule has 40 heavy (non-hydrogen) atoms. The van der Waals surface area contributed by atoms with E-state index in [0.717, 1.165) is 53.0 Å². The Morgan fingerprint density at radius 3 is 2.23 bits per heavy atom.